The monoisotopic (exact) mass is 325 g/mol. The summed E-state index contributed by atoms with van der Waals surface area (Å²) in [4.78, 5) is 0. The summed E-state index contributed by atoms with van der Waals surface area (Å²) in [5.74, 6) is 0.572. The van der Waals surface area contributed by atoms with Gasteiger partial charge < -0.3 is 5.73 Å². The Kier molecular flexibility index (Phi) is 3.08. The fourth-order valence-electron chi connectivity index (χ4n) is 2.55. The maximum absolute atomic E-state index is 5.96. The van der Waals surface area contributed by atoms with E-state index in [4.69, 9.17) is 17.3 Å². The number of benzene rings is 1. The molecule has 0 radical (unpaired) electrons. The summed E-state index contributed by atoms with van der Waals surface area (Å²) in [7, 11) is 0. The van der Waals surface area contributed by atoms with Gasteiger partial charge >= 0.3 is 0 Å². The summed E-state index contributed by atoms with van der Waals surface area (Å²) in [5, 5.41) is 4.82. The van der Waals surface area contributed by atoms with E-state index in [1.54, 1.807) is 6.20 Å². The third-order valence-corrected chi connectivity index (χ3v) is 4.29. The Morgan fingerprint density at radius 1 is 1.39 bits per heavy atom. The number of halogens is 2. The predicted octanol–water partition coefficient (Wildman–Crippen LogP) is 3.61. The van der Waals surface area contributed by atoms with Crippen LogP contribution in [0.1, 0.15) is 23.6 Å². The molecule has 1 aromatic carbocycles. The maximum atomic E-state index is 5.96. The van der Waals surface area contributed by atoms with Gasteiger partial charge in [0.05, 0.1) is 12.2 Å². The number of nitrogens with zero attached hydrogens (tertiary/aromatic N) is 2. The van der Waals surface area contributed by atoms with Crippen molar-refractivity contribution in [3.63, 3.8) is 0 Å². The van der Waals surface area contributed by atoms with Crippen molar-refractivity contribution >= 4 is 33.3 Å². The highest BCUT2D eigenvalue weighted by Crippen LogP contribution is 2.33. The summed E-state index contributed by atoms with van der Waals surface area (Å²) < 4.78 is 2.99. The lowest BCUT2D eigenvalue weighted by Gasteiger charge is -2.25. The van der Waals surface area contributed by atoms with Crippen molar-refractivity contribution in [3.8, 4) is 0 Å². The number of rotatable bonds is 1. The molecule has 1 atom stereocenters. The van der Waals surface area contributed by atoms with Crippen molar-refractivity contribution in [1.82, 2.24) is 9.78 Å². The first kappa shape index (κ1) is 12.1. The Morgan fingerprint density at radius 2 is 2.22 bits per heavy atom. The van der Waals surface area contributed by atoms with E-state index < -0.39 is 0 Å². The van der Waals surface area contributed by atoms with Gasteiger partial charge in [-0.2, -0.15) is 5.10 Å². The Hall–Kier alpha value is -1.000. The van der Waals surface area contributed by atoms with Gasteiger partial charge in [0.25, 0.3) is 0 Å². The van der Waals surface area contributed by atoms with E-state index >= 15 is 0 Å². The molecule has 3 nitrogen and oxygen atoms in total. The molecule has 0 fully saturated rings. The summed E-state index contributed by atoms with van der Waals surface area (Å²) in [6, 6.07) is 6.77. The zero-order valence-electron chi connectivity index (χ0n) is 9.74. The molecule has 2 aromatic rings. The van der Waals surface area contributed by atoms with Gasteiger partial charge in [-0.25, -0.2) is 4.68 Å². The van der Waals surface area contributed by atoms with Gasteiger partial charge in [-0.1, -0.05) is 33.6 Å². The van der Waals surface area contributed by atoms with Gasteiger partial charge in [-0.15, -0.1) is 0 Å². The standard InChI is InChI=1S/C13H13BrClN3/c14-10-3-1-9-6-11(4-2-8(9)5-10)18-13(16)12(15)7-17-18/h1,3,5,7,11H,2,4,6,16H2. The van der Waals surface area contributed by atoms with Gasteiger partial charge in [0, 0.05) is 4.47 Å². The van der Waals surface area contributed by atoms with Crippen molar-refractivity contribution in [2.24, 2.45) is 0 Å². The number of nitrogens with two attached hydrogens (primary N) is 1. The molecule has 0 bridgehead atoms. The maximum Gasteiger partial charge on any atom is 0.140 e. The van der Waals surface area contributed by atoms with E-state index in [2.05, 4.69) is 39.2 Å². The second kappa shape index (κ2) is 4.59. The van der Waals surface area contributed by atoms with Crippen LogP contribution in [0.3, 0.4) is 0 Å². The molecule has 1 unspecified atom stereocenters. The zero-order chi connectivity index (χ0) is 12.7. The number of hydrogen-bond donors (Lipinski definition) is 1. The highest BCUT2D eigenvalue weighted by molar-refractivity contribution is 9.10. The number of fused-ring (bicyclic) bond motifs is 1. The summed E-state index contributed by atoms with van der Waals surface area (Å²) in [6.45, 7) is 0. The summed E-state index contributed by atoms with van der Waals surface area (Å²) in [5.41, 5.74) is 8.73. The first-order valence-electron chi connectivity index (χ1n) is 5.91. The van der Waals surface area contributed by atoms with Crippen LogP contribution in [0.25, 0.3) is 0 Å². The minimum atomic E-state index is 0.311. The van der Waals surface area contributed by atoms with Crippen LogP contribution < -0.4 is 5.73 Å². The molecular formula is C13H13BrClN3. The van der Waals surface area contributed by atoms with Crippen molar-refractivity contribution in [1.29, 1.82) is 0 Å². The van der Waals surface area contributed by atoms with Gasteiger partial charge in [0.1, 0.15) is 10.8 Å². The fraction of sp³-hybridized carbons (Fsp3) is 0.308. The lowest BCUT2D eigenvalue weighted by atomic mass is 9.88. The van der Waals surface area contributed by atoms with E-state index in [1.165, 1.54) is 11.1 Å². The minimum Gasteiger partial charge on any atom is -0.383 e. The Morgan fingerprint density at radius 3 is 2.94 bits per heavy atom. The normalized spacial score (nSPS) is 18.7. The van der Waals surface area contributed by atoms with Gasteiger partial charge in [-0.3, -0.25) is 0 Å². The smallest absolute Gasteiger partial charge is 0.140 e. The molecule has 1 aliphatic rings. The Balaban J connectivity index is 1.91. The molecule has 94 valence electrons. The zero-order valence-corrected chi connectivity index (χ0v) is 12.1. The third-order valence-electron chi connectivity index (χ3n) is 3.50. The molecular weight excluding hydrogens is 314 g/mol. The van der Waals surface area contributed by atoms with Gasteiger partial charge in [0.15, 0.2) is 0 Å². The summed E-state index contributed by atoms with van der Waals surface area (Å²) in [6.07, 6.45) is 4.68. The molecule has 1 heterocycles. The molecule has 5 heteroatoms. The number of aromatic nitrogens is 2. The van der Waals surface area contributed by atoms with E-state index in [-0.39, 0.29) is 0 Å². The highest BCUT2D eigenvalue weighted by Gasteiger charge is 2.22. The van der Waals surface area contributed by atoms with E-state index in [0.717, 1.165) is 23.7 Å². The first-order valence-corrected chi connectivity index (χ1v) is 7.08. The topological polar surface area (TPSA) is 43.8 Å². The van der Waals surface area contributed by atoms with E-state index in [0.29, 0.717) is 16.9 Å². The van der Waals surface area contributed by atoms with Gasteiger partial charge in [0.2, 0.25) is 0 Å². The van der Waals surface area contributed by atoms with Gasteiger partial charge in [-0.05, 0) is 42.5 Å². The average molecular weight is 327 g/mol. The lowest BCUT2D eigenvalue weighted by molar-refractivity contribution is 0.410. The number of aryl methyl sites for hydroxylation is 1. The number of nitrogen functional groups attached to an aromatic ring is 1. The molecule has 3 rings (SSSR count). The van der Waals surface area contributed by atoms with Crippen LogP contribution in [0.15, 0.2) is 28.9 Å². The van der Waals surface area contributed by atoms with E-state index in [1.807, 2.05) is 4.68 Å². The Labute approximate surface area is 119 Å². The van der Waals surface area contributed by atoms with Crippen LogP contribution in [0.4, 0.5) is 5.82 Å². The average Bonchev–Trinajstić information content (AvgIpc) is 2.69. The second-order valence-electron chi connectivity index (χ2n) is 4.63. The molecule has 0 saturated carbocycles. The predicted molar refractivity (Wildman–Crippen MR) is 76.9 cm³/mol. The molecule has 18 heavy (non-hydrogen) atoms. The van der Waals surface area contributed by atoms with Crippen molar-refractivity contribution < 1.29 is 0 Å². The van der Waals surface area contributed by atoms with Crippen LogP contribution in [0, 0.1) is 0 Å². The molecule has 1 aromatic heterocycles. The molecule has 1 aliphatic carbocycles. The molecule has 0 saturated heterocycles. The quantitative estimate of drug-likeness (QED) is 0.870. The molecule has 0 amide bonds. The highest BCUT2D eigenvalue weighted by atomic mass is 79.9. The third kappa shape index (κ3) is 2.04. The Bertz CT molecular complexity index is 594. The van der Waals surface area contributed by atoms with Crippen molar-refractivity contribution in [2.45, 2.75) is 25.3 Å². The fourth-order valence-corrected chi connectivity index (χ4v) is 3.09. The SMILES string of the molecule is Nc1c(Cl)cnn1C1CCc2cc(Br)ccc2C1. The molecule has 0 aliphatic heterocycles. The van der Waals surface area contributed by atoms with Crippen molar-refractivity contribution in [2.75, 3.05) is 5.73 Å². The van der Waals surface area contributed by atoms with Crippen LogP contribution in [0.2, 0.25) is 5.02 Å². The molecule has 2 N–H and O–H groups in total. The first-order chi connectivity index (χ1) is 8.65. The van der Waals surface area contributed by atoms with Crippen LogP contribution >= 0.6 is 27.5 Å². The molecule has 0 spiro atoms. The second-order valence-corrected chi connectivity index (χ2v) is 5.95. The number of anilines is 1. The van der Waals surface area contributed by atoms with Crippen LogP contribution in [-0.2, 0) is 12.8 Å². The van der Waals surface area contributed by atoms with E-state index in [9.17, 15) is 0 Å². The number of hydrogen-bond acceptors (Lipinski definition) is 2. The largest absolute Gasteiger partial charge is 0.383 e. The van der Waals surface area contributed by atoms with Crippen LogP contribution in [0.5, 0.6) is 0 Å². The minimum absolute atomic E-state index is 0.311. The lowest BCUT2D eigenvalue weighted by Crippen LogP contribution is -2.21. The van der Waals surface area contributed by atoms with Crippen molar-refractivity contribution in [3.05, 3.63) is 45.0 Å². The van der Waals surface area contributed by atoms with Crippen LogP contribution in [-0.4, -0.2) is 9.78 Å². The summed E-state index contributed by atoms with van der Waals surface area (Å²) >= 11 is 9.47.